The van der Waals surface area contributed by atoms with Crippen molar-refractivity contribution >= 4 is 11.6 Å². The summed E-state index contributed by atoms with van der Waals surface area (Å²) in [5.41, 5.74) is 1.98. The molecule has 0 saturated heterocycles. The number of methoxy groups -OCH3 is 1. The highest BCUT2D eigenvalue weighted by Gasteiger charge is 2.32. The molecule has 0 radical (unpaired) electrons. The van der Waals surface area contributed by atoms with Crippen molar-refractivity contribution < 1.29 is 9.13 Å². The van der Waals surface area contributed by atoms with Crippen LogP contribution >= 0.6 is 11.6 Å². The van der Waals surface area contributed by atoms with Crippen LogP contribution in [0.1, 0.15) is 37.0 Å². The number of pyridine rings is 1. The maximum absolute atomic E-state index is 15.3. The summed E-state index contributed by atoms with van der Waals surface area (Å²) in [7, 11) is 1.56. The van der Waals surface area contributed by atoms with Gasteiger partial charge in [-0.2, -0.15) is 4.68 Å². The first-order valence-electron chi connectivity index (χ1n) is 11.8. The van der Waals surface area contributed by atoms with Crippen LogP contribution in [0.5, 0.6) is 5.88 Å². The van der Waals surface area contributed by atoms with E-state index >= 15 is 4.39 Å². The Labute approximate surface area is 220 Å². The number of imidazole rings is 1. The van der Waals surface area contributed by atoms with Gasteiger partial charge in [-0.05, 0) is 35.0 Å². The monoisotopic (exact) mass is 533 g/mol. The summed E-state index contributed by atoms with van der Waals surface area (Å²) in [6.07, 6.45) is 5.94. The molecule has 1 N–H and O–H groups in total. The van der Waals surface area contributed by atoms with Crippen LogP contribution in [-0.2, 0) is 6.42 Å². The second kappa shape index (κ2) is 9.45. The average molecular weight is 534 g/mol. The van der Waals surface area contributed by atoms with Gasteiger partial charge in [0.15, 0.2) is 5.82 Å². The minimum absolute atomic E-state index is 0.0368. The van der Waals surface area contributed by atoms with Gasteiger partial charge in [-0.25, -0.2) is 19.3 Å². The lowest BCUT2D eigenvalue weighted by Gasteiger charge is -2.15. The normalized spacial score (nSPS) is 16.5. The highest BCUT2D eigenvalue weighted by Crippen LogP contribution is 2.38. The Bertz CT molecular complexity index is 1700. The zero-order valence-corrected chi connectivity index (χ0v) is 21.1. The molecule has 13 heteroatoms. The first-order valence-corrected chi connectivity index (χ1v) is 12.2. The molecule has 0 fully saturated rings. The summed E-state index contributed by atoms with van der Waals surface area (Å²) < 4.78 is 23.5. The lowest BCUT2D eigenvalue weighted by molar-refractivity contribution is 0.398. The van der Waals surface area contributed by atoms with Crippen LogP contribution < -0.4 is 10.3 Å². The molecule has 11 nitrogen and oxygen atoms in total. The molecule has 1 aromatic carbocycles. The topological polar surface area (TPSA) is 129 Å². The molecule has 5 heterocycles. The van der Waals surface area contributed by atoms with Gasteiger partial charge in [0.05, 0.1) is 41.0 Å². The third kappa shape index (κ3) is 4.12. The van der Waals surface area contributed by atoms with Gasteiger partial charge < -0.3 is 9.72 Å². The van der Waals surface area contributed by atoms with E-state index in [2.05, 4.69) is 30.5 Å². The summed E-state index contributed by atoms with van der Waals surface area (Å²) in [5.74, 6) is 1.08. The maximum Gasteiger partial charge on any atom is 0.254 e. The van der Waals surface area contributed by atoms with Gasteiger partial charge in [0.25, 0.3) is 5.56 Å². The van der Waals surface area contributed by atoms with Gasteiger partial charge in [0.2, 0.25) is 5.88 Å². The van der Waals surface area contributed by atoms with E-state index in [1.54, 1.807) is 30.1 Å². The van der Waals surface area contributed by atoms with Crippen molar-refractivity contribution in [3.63, 3.8) is 0 Å². The molecular weight excluding hydrogens is 513 g/mol. The van der Waals surface area contributed by atoms with Crippen LogP contribution in [0.4, 0.5) is 4.39 Å². The summed E-state index contributed by atoms with van der Waals surface area (Å²) in [4.78, 5) is 30.1. The highest BCUT2D eigenvalue weighted by atomic mass is 35.5. The van der Waals surface area contributed by atoms with Crippen molar-refractivity contribution in [2.24, 2.45) is 0 Å². The fraction of sp³-hybridized carbons (Fsp3) is 0.240. The lowest BCUT2D eigenvalue weighted by Crippen LogP contribution is -2.25. The van der Waals surface area contributed by atoms with E-state index in [1.807, 2.05) is 19.1 Å². The number of hydrogen-bond donors (Lipinski definition) is 1. The van der Waals surface area contributed by atoms with E-state index in [1.165, 1.54) is 23.1 Å². The number of tetrazole rings is 1. The predicted octanol–water partition coefficient (Wildman–Crippen LogP) is 3.76. The van der Waals surface area contributed by atoms with E-state index in [-0.39, 0.29) is 33.8 Å². The highest BCUT2D eigenvalue weighted by molar-refractivity contribution is 6.31. The minimum atomic E-state index is -0.699. The third-order valence-electron chi connectivity index (χ3n) is 6.65. The van der Waals surface area contributed by atoms with Crippen molar-refractivity contribution in [3.05, 3.63) is 81.9 Å². The van der Waals surface area contributed by atoms with E-state index < -0.39 is 5.82 Å². The predicted molar refractivity (Wildman–Crippen MR) is 136 cm³/mol. The molecule has 5 aromatic rings. The SMILES string of the molecule is COc1cc(-c2cnc(C[C@H]3C[C@@H](C)c4nc(-c5c(-n6cnnn6)ccc(Cl)c5F)cc(=O)n43)[nH]2)ccn1. The molecule has 0 saturated carbocycles. The standard InChI is InChI=1S/C25H21ClFN9O2/c1-13-7-15(9-20-29-11-18(31-20)14-5-6-28-21(8-14)38-2)36-22(37)10-17(32-25(13)36)23-19(35-12-30-33-34-35)4-3-16(26)24(23)27/h3-6,8,10-13,15H,7,9H2,1-2H3,(H,29,31)/t13-,15-/m1/s1. The smallest absolute Gasteiger partial charge is 0.254 e. The number of halogens is 2. The molecule has 0 unspecified atom stereocenters. The molecule has 192 valence electrons. The van der Waals surface area contributed by atoms with E-state index in [0.29, 0.717) is 30.2 Å². The minimum Gasteiger partial charge on any atom is -0.481 e. The summed E-state index contributed by atoms with van der Waals surface area (Å²) in [6.45, 7) is 2.00. The number of aromatic nitrogens is 9. The number of rotatable bonds is 6. The average Bonchev–Trinajstić information content (AvgIpc) is 3.67. The lowest BCUT2D eigenvalue weighted by atomic mass is 10.0. The number of H-pyrrole nitrogens is 1. The molecule has 38 heavy (non-hydrogen) atoms. The summed E-state index contributed by atoms with van der Waals surface area (Å²) in [6, 6.07) is 7.84. The molecule has 6 rings (SSSR count). The van der Waals surface area contributed by atoms with Crippen LogP contribution in [0.25, 0.3) is 28.2 Å². The van der Waals surface area contributed by atoms with E-state index in [9.17, 15) is 4.79 Å². The van der Waals surface area contributed by atoms with Crippen LogP contribution in [0.2, 0.25) is 5.02 Å². The summed E-state index contributed by atoms with van der Waals surface area (Å²) >= 11 is 6.09. The molecule has 2 atom stereocenters. The zero-order valence-electron chi connectivity index (χ0n) is 20.3. The zero-order chi connectivity index (χ0) is 26.4. The van der Waals surface area contributed by atoms with Crippen molar-refractivity contribution in [2.45, 2.75) is 31.7 Å². The fourth-order valence-corrected chi connectivity index (χ4v) is 5.07. The Balaban J connectivity index is 1.35. The first-order chi connectivity index (χ1) is 18.4. The number of nitrogens with one attached hydrogen (secondary N) is 1. The molecule has 0 spiro atoms. The molecule has 0 aliphatic carbocycles. The van der Waals surface area contributed by atoms with Crippen molar-refractivity contribution in [1.29, 1.82) is 0 Å². The van der Waals surface area contributed by atoms with Gasteiger partial charge in [0.1, 0.15) is 18.0 Å². The molecule has 1 aliphatic heterocycles. The van der Waals surface area contributed by atoms with E-state index in [0.717, 1.165) is 17.1 Å². The molecule has 1 aliphatic rings. The van der Waals surface area contributed by atoms with Crippen LogP contribution in [0.3, 0.4) is 0 Å². The van der Waals surface area contributed by atoms with Gasteiger partial charge in [-0.1, -0.05) is 18.5 Å². The summed E-state index contributed by atoms with van der Waals surface area (Å²) in [5, 5.41) is 11.0. The number of nitrogens with zero attached hydrogens (tertiary/aromatic N) is 8. The van der Waals surface area contributed by atoms with Crippen molar-refractivity contribution in [2.75, 3.05) is 7.11 Å². The van der Waals surface area contributed by atoms with Crippen LogP contribution in [0.15, 0.2) is 53.8 Å². The number of fused-ring (bicyclic) bond motifs is 1. The Morgan fingerprint density at radius 3 is 2.89 bits per heavy atom. The Hall–Kier alpha value is -4.45. The van der Waals surface area contributed by atoms with Crippen LogP contribution in [0, 0.1) is 5.82 Å². The molecule has 0 bridgehead atoms. The van der Waals surface area contributed by atoms with Gasteiger partial charge >= 0.3 is 0 Å². The molecular formula is C25H21ClFN9O2. The Kier molecular flexibility index (Phi) is 5.95. The molecule has 4 aromatic heterocycles. The second-order valence-corrected chi connectivity index (χ2v) is 9.45. The maximum atomic E-state index is 15.3. The van der Waals surface area contributed by atoms with Gasteiger partial charge in [0, 0.05) is 42.3 Å². The quantitative estimate of drug-likeness (QED) is 0.349. The fourth-order valence-electron chi connectivity index (χ4n) is 4.92. The van der Waals surface area contributed by atoms with E-state index in [4.69, 9.17) is 21.3 Å². The number of aromatic amines is 1. The Morgan fingerprint density at radius 2 is 2.11 bits per heavy atom. The van der Waals surface area contributed by atoms with Crippen LogP contribution in [-0.4, -0.2) is 51.8 Å². The number of benzene rings is 1. The molecule has 0 amide bonds. The van der Waals surface area contributed by atoms with Crippen molar-refractivity contribution in [1.82, 2.24) is 44.7 Å². The van der Waals surface area contributed by atoms with Gasteiger partial charge in [-0.15, -0.1) is 5.10 Å². The second-order valence-electron chi connectivity index (χ2n) is 9.04. The number of hydrogen-bond acceptors (Lipinski definition) is 8. The van der Waals surface area contributed by atoms with Gasteiger partial charge in [-0.3, -0.25) is 9.36 Å². The largest absolute Gasteiger partial charge is 0.481 e. The number of ether oxygens (including phenoxy) is 1. The first kappa shape index (κ1) is 23.9. The van der Waals surface area contributed by atoms with Crippen molar-refractivity contribution in [3.8, 4) is 34.1 Å². The third-order valence-corrected chi connectivity index (χ3v) is 6.94. The Morgan fingerprint density at radius 1 is 1.24 bits per heavy atom.